The van der Waals surface area contributed by atoms with Gasteiger partial charge >= 0.3 is 0 Å². The quantitative estimate of drug-likeness (QED) is 0.477. The lowest BCUT2D eigenvalue weighted by molar-refractivity contribution is -0.105. The maximum absolute atomic E-state index is 11.0. The summed E-state index contributed by atoms with van der Waals surface area (Å²) in [5.41, 5.74) is 0.970. The van der Waals surface area contributed by atoms with Crippen LogP contribution in [0.3, 0.4) is 0 Å². The van der Waals surface area contributed by atoms with E-state index in [2.05, 4.69) is 47.6 Å². The number of carbonyl (C=O) groups is 1. The van der Waals surface area contributed by atoms with Gasteiger partial charge in [-0.25, -0.2) is 0 Å². The van der Waals surface area contributed by atoms with Gasteiger partial charge in [0.25, 0.3) is 0 Å². The summed E-state index contributed by atoms with van der Waals surface area (Å²) in [6, 6.07) is 0. The average molecular weight is 210 g/mol. The third-order valence-corrected chi connectivity index (χ3v) is 3.53. The van der Waals surface area contributed by atoms with E-state index in [4.69, 9.17) is 0 Å². The molecule has 0 saturated heterocycles. The molecule has 1 nitrogen and oxygen atoms in total. The van der Waals surface area contributed by atoms with Crippen molar-refractivity contribution in [3.05, 3.63) is 11.6 Å². The molecule has 2 atom stereocenters. The van der Waals surface area contributed by atoms with Crippen molar-refractivity contribution >= 4 is 6.29 Å². The first-order valence-corrected chi connectivity index (χ1v) is 6.05. The van der Waals surface area contributed by atoms with E-state index in [9.17, 15) is 4.79 Å². The molecule has 0 aromatic carbocycles. The van der Waals surface area contributed by atoms with Crippen LogP contribution >= 0.6 is 0 Å². The van der Waals surface area contributed by atoms with Crippen molar-refractivity contribution in [2.45, 2.75) is 48.0 Å². The first kappa shape index (κ1) is 14.4. The highest BCUT2D eigenvalue weighted by atomic mass is 16.1. The molecule has 1 heteroatoms. The maximum atomic E-state index is 11.0. The van der Waals surface area contributed by atoms with Crippen molar-refractivity contribution in [1.29, 1.82) is 0 Å². The summed E-state index contributed by atoms with van der Waals surface area (Å²) >= 11 is 0. The predicted octanol–water partition coefficient (Wildman–Crippen LogP) is 4.09. The Morgan fingerprint density at radius 1 is 1.00 bits per heavy atom. The molecule has 2 unspecified atom stereocenters. The van der Waals surface area contributed by atoms with Gasteiger partial charge in [-0.2, -0.15) is 0 Å². The monoisotopic (exact) mass is 210 g/mol. The van der Waals surface area contributed by atoms with Gasteiger partial charge in [-0.1, -0.05) is 47.6 Å². The van der Waals surface area contributed by atoms with Crippen molar-refractivity contribution in [2.24, 2.45) is 23.7 Å². The van der Waals surface area contributed by atoms with Gasteiger partial charge in [-0.3, -0.25) is 4.79 Å². The van der Waals surface area contributed by atoms with E-state index < -0.39 is 0 Å². The van der Waals surface area contributed by atoms with Crippen LogP contribution in [-0.2, 0) is 4.79 Å². The number of rotatable bonds is 6. The Bertz CT molecular complexity index is 213. The molecule has 0 fully saturated rings. The highest BCUT2D eigenvalue weighted by Gasteiger charge is 2.13. The highest BCUT2D eigenvalue weighted by molar-refractivity contribution is 5.73. The van der Waals surface area contributed by atoms with E-state index in [-0.39, 0.29) is 0 Å². The zero-order valence-electron chi connectivity index (χ0n) is 11.1. The van der Waals surface area contributed by atoms with Gasteiger partial charge in [-0.05, 0) is 35.7 Å². The van der Waals surface area contributed by atoms with Gasteiger partial charge < -0.3 is 0 Å². The number of hydrogen-bond donors (Lipinski definition) is 0. The van der Waals surface area contributed by atoms with Crippen LogP contribution in [0.2, 0.25) is 0 Å². The smallest absolute Gasteiger partial charge is 0.145 e. The van der Waals surface area contributed by atoms with E-state index in [1.54, 1.807) is 0 Å². The summed E-state index contributed by atoms with van der Waals surface area (Å²) in [5, 5.41) is 0. The van der Waals surface area contributed by atoms with E-state index in [1.165, 1.54) is 0 Å². The molecule has 0 N–H and O–H groups in total. The summed E-state index contributed by atoms with van der Waals surface area (Å²) in [5.74, 6) is 2.25. The third-order valence-electron chi connectivity index (χ3n) is 3.53. The molecule has 0 radical (unpaired) electrons. The minimum absolute atomic E-state index is 0.377. The van der Waals surface area contributed by atoms with Crippen LogP contribution in [0, 0.1) is 23.7 Å². The third kappa shape index (κ3) is 5.15. The zero-order chi connectivity index (χ0) is 12.0. The summed E-state index contributed by atoms with van der Waals surface area (Å²) in [6.45, 7) is 13.1. The molecule has 0 saturated carbocycles. The molecular formula is C14H26O. The van der Waals surface area contributed by atoms with E-state index in [0.29, 0.717) is 23.7 Å². The van der Waals surface area contributed by atoms with Gasteiger partial charge in [0.1, 0.15) is 6.29 Å². The molecule has 0 bridgehead atoms. The number of allylic oxidation sites excluding steroid dienone is 2. The van der Waals surface area contributed by atoms with E-state index in [1.807, 2.05) is 0 Å². The Morgan fingerprint density at radius 2 is 1.53 bits per heavy atom. The van der Waals surface area contributed by atoms with Crippen LogP contribution in [0.5, 0.6) is 0 Å². The number of carbonyl (C=O) groups excluding carboxylic acids is 1. The van der Waals surface area contributed by atoms with Crippen molar-refractivity contribution < 1.29 is 4.79 Å². The fourth-order valence-electron chi connectivity index (χ4n) is 1.32. The van der Waals surface area contributed by atoms with E-state index >= 15 is 0 Å². The van der Waals surface area contributed by atoms with Crippen LogP contribution in [-0.4, -0.2) is 6.29 Å². The molecule has 0 aliphatic rings. The van der Waals surface area contributed by atoms with Gasteiger partial charge in [-0.15, -0.1) is 0 Å². The predicted molar refractivity (Wildman–Crippen MR) is 66.8 cm³/mol. The average Bonchev–Trinajstić information content (AvgIpc) is 2.17. The second kappa shape index (κ2) is 6.81. The number of hydrogen-bond acceptors (Lipinski definition) is 1. The van der Waals surface area contributed by atoms with Crippen LogP contribution in [0.25, 0.3) is 0 Å². The van der Waals surface area contributed by atoms with Gasteiger partial charge in [0, 0.05) is 0 Å². The molecule has 0 amide bonds. The Labute approximate surface area is 95.0 Å². The van der Waals surface area contributed by atoms with Crippen molar-refractivity contribution in [3.63, 3.8) is 0 Å². The normalized spacial score (nSPS) is 16.9. The standard InChI is InChI=1S/C14H26O/c1-10(2)12(5)7-8-14(9-15)13(6)11(3)4/h8-13H,7H2,1-6H3/b14-8+. The molecular weight excluding hydrogens is 184 g/mol. The second-order valence-electron chi connectivity index (χ2n) is 5.31. The molecule has 15 heavy (non-hydrogen) atoms. The largest absolute Gasteiger partial charge is 0.298 e. The SMILES string of the molecule is CC(C)C(C)C/C=C(\C=O)C(C)C(C)C. The Hall–Kier alpha value is -0.590. The molecule has 0 rings (SSSR count). The van der Waals surface area contributed by atoms with Crippen LogP contribution in [0.15, 0.2) is 11.6 Å². The van der Waals surface area contributed by atoms with Crippen LogP contribution in [0.4, 0.5) is 0 Å². The van der Waals surface area contributed by atoms with Crippen molar-refractivity contribution in [2.75, 3.05) is 0 Å². The summed E-state index contributed by atoms with van der Waals surface area (Å²) in [7, 11) is 0. The van der Waals surface area contributed by atoms with Crippen molar-refractivity contribution in [3.8, 4) is 0 Å². The first-order chi connectivity index (χ1) is 6.90. The fraction of sp³-hybridized carbons (Fsp3) is 0.786. The van der Waals surface area contributed by atoms with Gasteiger partial charge in [0.2, 0.25) is 0 Å². The maximum Gasteiger partial charge on any atom is 0.145 e. The lowest BCUT2D eigenvalue weighted by atomic mass is 9.87. The Balaban J connectivity index is 4.41. The lowest BCUT2D eigenvalue weighted by Crippen LogP contribution is -2.10. The topological polar surface area (TPSA) is 17.1 Å². The Morgan fingerprint density at radius 3 is 1.87 bits per heavy atom. The Kier molecular flexibility index (Phi) is 6.55. The second-order valence-corrected chi connectivity index (χ2v) is 5.31. The molecule has 88 valence electrons. The fourth-order valence-corrected chi connectivity index (χ4v) is 1.32. The lowest BCUT2D eigenvalue weighted by Gasteiger charge is -2.17. The molecule has 0 aliphatic carbocycles. The summed E-state index contributed by atoms with van der Waals surface area (Å²) in [4.78, 5) is 11.0. The van der Waals surface area contributed by atoms with Gasteiger partial charge in [0.05, 0.1) is 0 Å². The summed E-state index contributed by atoms with van der Waals surface area (Å²) < 4.78 is 0. The van der Waals surface area contributed by atoms with Crippen molar-refractivity contribution in [1.82, 2.24) is 0 Å². The molecule has 0 aromatic heterocycles. The van der Waals surface area contributed by atoms with E-state index in [0.717, 1.165) is 18.3 Å². The summed E-state index contributed by atoms with van der Waals surface area (Å²) in [6.07, 6.45) is 4.17. The molecule has 0 aromatic rings. The minimum Gasteiger partial charge on any atom is -0.298 e. The van der Waals surface area contributed by atoms with Crippen LogP contribution in [0.1, 0.15) is 48.0 Å². The highest BCUT2D eigenvalue weighted by Crippen LogP contribution is 2.21. The first-order valence-electron chi connectivity index (χ1n) is 6.05. The number of aldehydes is 1. The zero-order valence-corrected chi connectivity index (χ0v) is 11.1. The van der Waals surface area contributed by atoms with Crippen LogP contribution < -0.4 is 0 Å². The molecule has 0 heterocycles. The molecule has 0 aliphatic heterocycles. The van der Waals surface area contributed by atoms with Gasteiger partial charge in [0.15, 0.2) is 0 Å². The molecule has 0 spiro atoms. The minimum atomic E-state index is 0.377.